The van der Waals surface area contributed by atoms with Crippen LogP contribution in [0.4, 0.5) is 0 Å². The van der Waals surface area contributed by atoms with Crippen molar-refractivity contribution in [3.05, 3.63) is 0 Å². The van der Waals surface area contributed by atoms with E-state index in [-0.39, 0.29) is 17.6 Å². The van der Waals surface area contributed by atoms with Gasteiger partial charge >= 0.3 is 5.97 Å². The van der Waals surface area contributed by atoms with Gasteiger partial charge in [0.25, 0.3) is 11.8 Å². The molecule has 0 aromatic carbocycles. The minimum absolute atomic E-state index is 0.0950. The molecule has 1 rings (SSSR count). The lowest BCUT2D eigenvalue weighted by atomic mass is 10.3. The number of thioether (sulfide) groups is 1. The maximum absolute atomic E-state index is 11.9. The molecule has 0 aromatic rings. The van der Waals surface area contributed by atoms with Crippen LogP contribution in [0.25, 0.3) is 0 Å². The predicted molar refractivity (Wildman–Crippen MR) is 64.0 cm³/mol. The SMILES string of the molecule is CCC(=O)ON1C(=O)CC(SC(C)(C)C)C1=O. The predicted octanol–water partition coefficient (Wildman–Crippen LogP) is 1.51. The Morgan fingerprint density at radius 2 is 2.06 bits per heavy atom. The number of hydroxylamine groups is 2. The van der Waals surface area contributed by atoms with Crippen molar-refractivity contribution in [1.29, 1.82) is 0 Å². The summed E-state index contributed by atoms with van der Waals surface area (Å²) < 4.78 is -0.120. The number of carbonyl (C=O) groups excluding carboxylic acids is 3. The molecule has 1 aliphatic heterocycles. The molecule has 0 aliphatic carbocycles. The summed E-state index contributed by atoms with van der Waals surface area (Å²) in [4.78, 5) is 39.2. The second-order valence-corrected chi connectivity index (χ2v) is 6.80. The van der Waals surface area contributed by atoms with Crippen LogP contribution in [-0.2, 0) is 19.2 Å². The second-order valence-electron chi connectivity index (χ2n) is 4.77. The Kier molecular flexibility index (Phi) is 4.19. The quantitative estimate of drug-likeness (QED) is 0.719. The van der Waals surface area contributed by atoms with Crippen LogP contribution in [0.2, 0.25) is 0 Å². The molecule has 6 heteroatoms. The van der Waals surface area contributed by atoms with Crippen LogP contribution in [0, 0.1) is 0 Å². The van der Waals surface area contributed by atoms with E-state index < -0.39 is 23.0 Å². The van der Waals surface area contributed by atoms with Gasteiger partial charge in [0.15, 0.2) is 0 Å². The molecular weight excluding hydrogens is 242 g/mol. The first kappa shape index (κ1) is 14.0. The van der Waals surface area contributed by atoms with Crippen LogP contribution < -0.4 is 0 Å². The first-order chi connectivity index (χ1) is 7.74. The fourth-order valence-corrected chi connectivity index (χ4v) is 2.64. The van der Waals surface area contributed by atoms with Gasteiger partial charge in [-0.15, -0.1) is 16.8 Å². The first-order valence-electron chi connectivity index (χ1n) is 5.50. The smallest absolute Gasteiger partial charge is 0.330 e. The van der Waals surface area contributed by atoms with Gasteiger partial charge in [-0.3, -0.25) is 9.59 Å². The summed E-state index contributed by atoms with van der Waals surface area (Å²) in [6.07, 6.45) is 0.228. The Balaban J connectivity index is 2.69. The first-order valence-corrected chi connectivity index (χ1v) is 6.38. The lowest BCUT2D eigenvalue weighted by Crippen LogP contribution is -2.34. The summed E-state index contributed by atoms with van der Waals surface area (Å²) in [6, 6.07) is 0. The molecule has 17 heavy (non-hydrogen) atoms. The number of amides is 2. The van der Waals surface area contributed by atoms with E-state index in [0.717, 1.165) is 0 Å². The molecule has 2 amide bonds. The van der Waals surface area contributed by atoms with Crippen LogP contribution in [0.3, 0.4) is 0 Å². The molecule has 5 nitrogen and oxygen atoms in total. The summed E-state index contributed by atoms with van der Waals surface area (Å²) in [5, 5.41) is 0.155. The normalized spacial score (nSPS) is 20.9. The monoisotopic (exact) mass is 259 g/mol. The van der Waals surface area contributed by atoms with E-state index in [9.17, 15) is 14.4 Å². The van der Waals surface area contributed by atoms with Crippen molar-refractivity contribution in [2.45, 2.75) is 50.5 Å². The summed E-state index contributed by atoms with van der Waals surface area (Å²) in [5.41, 5.74) is 0. The van der Waals surface area contributed by atoms with Crippen molar-refractivity contribution in [2.75, 3.05) is 0 Å². The van der Waals surface area contributed by atoms with Gasteiger partial charge in [0.05, 0.1) is 11.7 Å². The molecule has 1 unspecified atom stereocenters. The average Bonchev–Trinajstić information content (AvgIpc) is 2.43. The molecule has 0 aromatic heterocycles. The van der Waals surface area contributed by atoms with Crippen molar-refractivity contribution < 1.29 is 19.2 Å². The zero-order valence-electron chi connectivity index (χ0n) is 10.5. The van der Waals surface area contributed by atoms with Gasteiger partial charge in [-0.2, -0.15) is 0 Å². The van der Waals surface area contributed by atoms with Gasteiger partial charge in [-0.25, -0.2) is 4.79 Å². The second kappa shape index (κ2) is 5.08. The molecule has 1 heterocycles. The third kappa shape index (κ3) is 3.73. The lowest BCUT2D eigenvalue weighted by Gasteiger charge is -2.21. The molecule has 0 bridgehead atoms. The molecule has 1 aliphatic rings. The van der Waals surface area contributed by atoms with E-state index in [1.807, 2.05) is 20.8 Å². The van der Waals surface area contributed by atoms with E-state index in [1.165, 1.54) is 11.8 Å². The van der Waals surface area contributed by atoms with Gasteiger partial charge in [0.1, 0.15) is 0 Å². The van der Waals surface area contributed by atoms with Crippen molar-refractivity contribution in [2.24, 2.45) is 0 Å². The van der Waals surface area contributed by atoms with Crippen LogP contribution in [-0.4, -0.2) is 32.8 Å². The Morgan fingerprint density at radius 1 is 1.47 bits per heavy atom. The highest BCUT2D eigenvalue weighted by Gasteiger charge is 2.43. The van der Waals surface area contributed by atoms with Crippen molar-refractivity contribution in [3.8, 4) is 0 Å². The Bertz CT molecular complexity index is 348. The van der Waals surface area contributed by atoms with Crippen molar-refractivity contribution in [1.82, 2.24) is 5.06 Å². The Labute approximate surface area is 105 Å². The zero-order valence-corrected chi connectivity index (χ0v) is 11.3. The molecule has 1 saturated heterocycles. The molecule has 0 N–H and O–H groups in total. The van der Waals surface area contributed by atoms with E-state index in [4.69, 9.17) is 4.84 Å². The van der Waals surface area contributed by atoms with Crippen LogP contribution in [0.1, 0.15) is 40.5 Å². The topological polar surface area (TPSA) is 63.7 Å². The highest BCUT2D eigenvalue weighted by Crippen LogP contribution is 2.34. The van der Waals surface area contributed by atoms with E-state index in [1.54, 1.807) is 6.92 Å². The minimum Gasteiger partial charge on any atom is -0.330 e. The van der Waals surface area contributed by atoms with Crippen molar-refractivity contribution >= 4 is 29.5 Å². The zero-order chi connectivity index (χ0) is 13.2. The maximum atomic E-state index is 11.9. The number of nitrogens with zero attached hydrogens (tertiary/aromatic N) is 1. The highest BCUT2D eigenvalue weighted by atomic mass is 32.2. The number of carbonyl (C=O) groups is 3. The molecule has 0 saturated carbocycles. The van der Waals surface area contributed by atoms with Gasteiger partial charge in [-0.05, 0) is 0 Å². The number of rotatable bonds is 3. The van der Waals surface area contributed by atoms with Gasteiger partial charge in [-0.1, -0.05) is 27.7 Å². The summed E-state index contributed by atoms with van der Waals surface area (Å²) in [5.74, 6) is -1.46. The van der Waals surface area contributed by atoms with Crippen LogP contribution in [0.15, 0.2) is 0 Å². The average molecular weight is 259 g/mol. The molecule has 1 fully saturated rings. The third-order valence-electron chi connectivity index (χ3n) is 2.04. The van der Waals surface area contributed by atoms with E-state index in [2.05, 4.69) is 0 Å². The van der Waals surface area contributed by atoms with E-state index in [0.29, 0.717) is 5.06 Å². The fraction of sp³-hybridized carbons (Fsp3) is 0.727. The van der Waals surface area contributed by atoms with Crippen molar-refractivity contribution in [3.63, 3.8) is 0 Å². The Morgan fingerprint density at radius 3 is 2.53 bits per heavy atom. The van der Waals surface area contributed by atoms with E-state index >= 15 is 0 Å². The number of imide groups is 1. The summed E-state index contributed by atoms with van der Waals surface area (Å²) in [6.45, 7) is 7.51. The number of hydrogen-bond acceptors (Lipinski definition) is 5. The molecular formula is C11H17NO4S. The van der Waals surface area contributed by atoms with Crippen LogP contribution >= 0.6 is 11.8 Å². The summed E-state index contributed by atoms with van der Waals surface area (Å²) >= 11 is 1.41. The Hall–Kier alpha value is -1.04. The largest absolute Gasteiger partial charge is 0.332 e. The third-order valence-corrected chi connectivity index (χ3v) is 3.40. The minimum atomic E-state index is -0.576. The summed E-state index contributed by atoms with van der Waals surface area (Å²) in [7, 11) is 0. The molecule has 1 atom stereocenters. The van der Waals surface area contributed by atoms with Gasteiger partial charge in [0.2, 0.25) is 0 Å². The van der Waals surface area contributed by atoms with Gasteiger partial charge in [0, 0.05) is 11.2 Å². The molecule has 96 valence electrons. The number of hydrogen-bond donors (Lipinski definition) is 0. The maximum Gasteiger partial charge on any atom is 0.332 e. The fourth-order valence-electron chi connectivity index (χ4n) is 1.36. The molecule has 0 radical (unpaired) electrons. The molecule has 0 spiro atoms. The van der Waals surface area contributed by atoms with Gasteiger partial charge < -0.3 is 4.84 Å². The lowest BCUT2D eigenvalue weighted by molar-refractivity contribution is -0.197. The highest BCUT2D eigenvalue weighted by molar-refractivity contribution is 8.01. The standard InChI is InChI=1S/C11H17NO4S/c1-5-9(14)16-12-8(13)6-7(10(12)15)17-11(2,3)4/h7H,5-6H2,1-4H3. The van der Waals surface area contributed by atoms with Crippen LogP contribution in [0.5, 0.6) is 0 Å².